The lowest BCUT2D eigenvalue weighted by atomic mass is 10.1. The van der Waals surface area contributed by atoms with Gasteiger partial charge in [-0.25, -0.2) is 4.68 Å². The van der Waals surface area contributed by atoms with Crippen LogP contribution in [-0.4, -0.2) is 15.7 Å². The molecule has 0 aliphatic rings. The van der Waals surface area contributed by atoms with Crippen LogP contribution in [-0.2, 0) is 0 Å². The van der Waals surface area contributed by atoms with Crippen molar-refractivity contribution in [3.8, 4) is 11.8 Å². The standard InChI is InChI=1S/C19H17ClN4OS/c1-10-13(4)26-19(16(10)9-21)22-18(25)14-5-7-15(8-6-14)24-12(3)17(20)11(2)23-24/h5-8H,1-4H3,(H,22,25). The van der Waals surface area contributed by atoms with E-state index in [0.29, 0.717) is 21.2 Å². The van der Waals surface area contributed by atoms with Crippen LogP contribution in [0.5, 0.6) is 0 Å². The van der Waals surface area contributed by atoms with Crippen LogP contribution in [0.3, 0.4) is 0 Å². The van der Waals surface area contributed by atoms with Crippen LogP contribution in [0.2, 0.25) is 5.02 Å². The van der Waals surface area contributed by atoms with Crippen molar-refractivity contribution in [3.63, 3.8) is 0 Å². The van der Waals surface area contributed by atoms with E-state index in [1.807, 2.05) is 39.8 Å². The van der Waals surface area contributed by atoms with Crippen molar-refractivity contribution in [1.29, 1.82) is 5.26 Å². The van der Waals surface area contributed by atoms with Crippen LogP contribution in [0.25, 0.3) is 5.69 Å². The number of aryl methyl sites for hydroxylation is 2. The van der Waals surface area contributed by atoms with Gasteiger partial charge in [0.1, 0.15) is 11.1 Å². The highest BCUT2D eigenvalue weighted by atomic mass is 35.5. The third-order valence-electron chi connectivity index (χ3n) is 4.30. The molecule has 5 nitrogen and oxygen atoms in total. The molecule has 0 aliphatic carbocycles. The van der Waals surface area contributed by atoms with E-state index in [2.05, 4.69) is 16.5 Å². The number of nitriles is 1. The number of aromatic nitrogens is 2. The van der Waals surface area contributed by atoms with E-state index in [-0.39, 0.29) is 5.91 Å². The maximum absolute atomic E-state index is 12.5. The lowest BCUT2D eigenvalue weighted by Gasteiger charge is -2.07. The molecule has 0 fully saturated rings. The van der Waals surface area contributed by atoms with Crippen molar-refractivity contribution in [2.45, 2.75) is 27.7 Å². The summed E-state index contributed by atoms with van der Waals surface area (Å²) in [7, 11) is 0. The van der Waals surface area contributed by atoms with Crippen LogP contribution in [0, 0.1) is 39.0 Å². The normalized spacial score (nSPS) is 10.6. The van der Waals surface area contributed by atoms with Crippen molar-refractivity contribution >= 4 is 33.8 Å². The number of carbonyl (C=O) groups excluding carboxylic acids is 1. The highest BCUT2D eigenvalue weighted by molar-refractivity contribution is 7.16. The summed E-state index contributed by atoms with van der Waals surface area (Å²) < 4.78 is 1.75. The van der Waals surface area contributed by atoms with Gasteiger partial charge in [-0.3, -0.25) is 4.79 Å². The van der Waals surface area contributed by atoms with Crippen LogP contribution < -0.4 is 5.32 Å². The molecule has 7 heteroatoms. The van der Waals surface area contributed by atoms with E-state index in [9.17, 15) is 10.1 Å². The van der Waals surface area contributed by atoms with E-state index in [0.717, 1.165) is 27.5 Å². The Morgan fingerprint density at radius 1 is 1.23 bits per heavy atom. The highest BCUT2D eigenvalue weighted by Gasteiger charge is 2.16. The van der Waals surface area contributed by atoms with Gasteiger partial charge in [0.2, 0.25) is 0 Å². The van der Waals surface area contributed by atoms with Gasteiger partial charge >= 0.3 is 0 Å². The summed E-state index contributed by atoms with van der Waals surface area (Å²) in [5.74, 6) is -0.249. The van der Waals surface area contributed by atoms with Gasteiger partial charge in [-0.1, -0.05) is 11.6 Å². The lowest BCUT2D eigenvalue weighted by Crippen LogP contribution is -2.12. The van der Waals surface area contributed by atoms with Gasteiger partial charge in [0.15, 0.2) is 0 Å². The van der Waals surface area contributed by atoms with Crippen LogP contribution in [0.1, 0.15) is 37.7 Å². The number of halogens is 1. The Morgan fingerprint density at radius 2 is 1.88 bits per heavy atom. The molecule has 0 unspecified atom stereocenters. The zero-order valence-electron chi connectivity index (χ0n) is 14.8. The molecule has 0 saturated carbocycles. The fourth-order valence-electron chi connectivity index (χ4n) is 2.65. The summed E-state index contributed by atoms with van der Waals surface area (Å²) in [6, 6.07) is 9.26. The van der Waals surface area contributed by atoms with Gasteiger partial charge in [-0.05, 0) is 57.5 Å². The molecule has 1 amide bonds. The molecular weight excluding hydrogens is 368 g/mol. The molecule has 0 bridgehead atoms. The Hall–Kier alpha value is -2.62. The molecule has 1 N–H and O–H groups in total. The first kappa shape index (κ1) is 18.2. The second-order valence-corrected chi connectivity index (χ2v) is 7.60. The first-order chi connectivity index (χ1) is 12.3. The van der Waals surface area contributed by atoms with Crippen molar-refractivity contribution in [1.82, 2.24) is 9.78 Å². The first-order valence-corrected chi connectivity index (χ1v) is 9.16. The number of amides is 1. The van der Waals surface area contributed by atoms with Gasteiger partial charge in [0, 0.05) is 10.4 Å². The van der Waals surface area contributed by atoms with Gasteiger partial charge in [-0.2, -0.15) is 10.4 Å². The summed E-state index contributed by atoms with van der Waals surface area (Å²) in [6.45, 7) is 7.57. The minimum atomic E-state index is -0.249. The molecule has 0 atom stereocenters. The Labute approximate surface area is 160 Å². The Morgan fingerprint density at radius 3 is 2.42 bits per heavy atom. The van der Waals surface area contributed by atoms with Gasteiger partial charge in [0.05, 0.1) is 27.7 Å². The number of nitrogens with zero attached hydrogens (tertiary/aromatic N) is 3. The fraction of sp³-hybridized carbons (Fsp3) is 0.211. The number of rotatable bonds is 3. The Kier molecular flexibility index (Phi) is 4.86. The number of anilines is 1. The molecule has 0 aliphatic heterocycles. The minimum absolute atomic E-state index is 0.249. The summed E-state index contributed by atoms with van der Waals surface area (Å²) >= 11 is 7.60. The topological polar surface area (TPSA) is 70.7 Å². The zero-order valence-corrected chi connectivity index (χ0v) is 16.4. The average molecular weight is 385 g/mol. The van der Waals surface area contributed by atoms with E-state index >= 15 is 0 Å². The maximum atomic E-state index is 12.5. The van der Waals surface area contributed by atoms with Crippen LogP contribution in [0.15, 0.2) is 24.3 Å². The molecule has 3 rings (SSSR count). The minimum Gasteiger partial charge on any atom is -0.312 e. The van der Waals surface area contributed by atoms with Crippen molar-refractivity contribution in [2.24, 2.45) is 0 Å². The second-order valence-electron chi connectivity index (χ2n) is 6.00. The molecule has 26 heavy (non-hydrogen) atoms. The van der Waals surface area contributed by atoms with Gasteiger partial charge in [0.25, 0.3) is 5.91 Å². The molecule has 2 heterocycles. The first-order valence-electron chi connectivity index (χ1n) is 7.97. The SMILES string of the molecule is Cc1nn(-c2ccc(C(=O)Nc3sc(C)c(C)c3C#N)cc2)c(C)c1Cl. The van der Waals surface area contributed by atoms with Crippen molar-refractivity contribution < 1.29 is 4.79 Å². The predicted molar refractivity (Wildman–Crippen MR) is 105 cm³/mol. The zero-order chi connectivity index (χ0) is 19.0. The monoisotopic (exact) mass is 384 g/mol. The largest absolute Gasteiger partial charge is 0.312 e. The summed E-state index contributed by atoms with van der Waals surface area (Å²) in [5, 5.41) is 17.8. The van der Waals surface area contributed by atoms with Gasteiger partial charge < -0.3 is 5.32 Å². The van der Waals surface area contributed by atoms with E-state index in [4.69, 9.17) is 11.6 Å². The number of benzene rings is 1. The maximum Gasteiger partial charge on any atom is 0.256 e. The predicted octanol–water partition coefficient (Wildman–Crippen LogP) is 4.94. The molecular formula is C19H17ClN4OS. The molecule has 2 aromatic heterocycles. The van der Waals surface area contributed by atoms with Gasteiger partial charge in [-0.15, -0.1) is 11.3 Å². The van der Waals surface area contributed by atoms with Crippen molar-refractivity contribution in [3.05, 3.63) is 62.2 Å². The lowest BCUT2D eigenvalue weighted by molar-refractivity contribution is 0.102. The number of hydrogen-bond acceptors (Lipinski definition) is 4. The van der Waals surface area contributed by atoms with Crippen molar-refractivity contribution in [2.75, 3.05) is 5.32 Å². The quantitative estimate of drug-likeness (QED) is 0.694. The summed E-state index contributed by atoms with van der Waals surface area (Å²) in [4.78, 5) is 13.5. The Balaban J connectivity index is 1.85. The van der Waals surface area contributed by atoms with E-state index < -0.39 is 0 Å². The molecule has 3 aromatic rings. The molecule has 0 saturated heterocycles. The number of carbonyl (C=O) groups is 1. The third-order valence-corrected chi connectivity index (χ3v) is 5.97. The fourth-order valence-corrected chi connectivity index (χ4v) is 3.78. The number of nitrogens with one attached hydrogen (secondary N) is 1. The number of hydrogen-bond donors (Lipinski definition) is 1. The molecule has 0 radical (unpaired) electrons. The van der Waals surface area contributed by atoms with E-state index in [1.165, 1.54) is 11.3 Å². The molecule has 1 aromatic carbocycles. The highest BCUT2D eigenvalue weighted by Crippen LogP contribution is 2.32. The second kappa shape index (κ2) is 6.94. The van der Waals surface area contributed by atoms with Crippen LogP contribution in [0.4, 0.5) is 5.00 Å². The summed E-state index contributed by atoms with van der Waals surface area (Å²) in [5.41, 5.74) is 4.38. The summed E-state index contributed by atoms with van der Waals surface area (Å²) in [6.07, 6.45) is 0. The Bertz CT molecular complexity index is 1040. The number of thiophene rings is 1. The molecule has 0 spiro atoms. The molecule has 132 valence electrons. The smallest absolute Gasteiger partial charge is 0.256 e. The van der Waals surface area contributed by atoms with E-state index in [1.54, 1.807) is 16.8 Å². The third kappa shape index (κ3) is 3.12. The average Bonchev–Trinajstić information content (AvgIpc) is 3.05. The van der Waals surface area contributed by atoms with Crippen LogP contribution >= 0.6 is 22.9 Å².